The van der Waals surface area contributed by atoms with Crippen molar-refractivity contribution in [3.05, 3.63) is 71.3 Å². The van der Waals surface area contributed by atoms with Gasteiger partial charge in [-0.25, -0.2) is 4.79 Å². The van der Waals surface area contributed by atoms with Crippen LogP contribution in [0.4, 0.5) is 0 Å². The zero-order valence-corrected chi connectivity index (χ0v) is 26.5. The summed E-state index contributed by atoms with van der Waals surface area (Å²) < 4.78 is 0. The fourth-order valence-electron chi connectivity index (χ4n) is 5.45. The van der Waals surface area contributed by atoms with Crippen molar-refractivity contribution in [2.75, 3.05) is 12.0 Å². The summed E-state index contributed by atoms with van der Waals surface area (Å²) >= 11 is 1.55. The molecule has 41 heavy (non-hydrogen) atoms. The molecule has 0 spiro atoms. The van der Waals surface area contributed by atoms with Crippen molar-refractivity contribution in [1.82, 2.24) is 5.32 Å². The molecule has 1 aliphatic carbocycles. The number of benzene rings is 2. The SMILES string of the molecule is CSCC[C@H](N=C([O-])c1ccc(CN[C@@H](/C=C\CC(C)C)CC2CCCCC2)cc1-c1ccccc1C)C(=O)O.[Li+]. The van der Waals surface area contributed by atoms with Gasteiger partial charge in [0.25, 0.3) is 0 Å². The molecular formula is C34H47LiN2O3S. The molecule has 2 atom stereocenters. The molecule has 5 nitrogen and oxygen atoms in total. The fourth-order valence-corrected chi connectivity index (χ4v) is 5.90. The number of rotatable bonds is 15. The van der Waals surface area contributed by atoms with E-state index in [4.69, 9.17) is 0 Å². The Morgan fingerprint density at radius 3 is 2.54 bits per heavy atom. The zero-order chi connectivity index (χ0) is 28.9. The number of aryl methyl sites for hydroxylation is 1. The minimum atomic E-state index is -1.06. The second-order valence-corrected chi connectivity index (χ2v) is 12.5. The molecule has 0 heterocycles. The predicted octanol–water partition coefficient (Wildman–Crippen LogP) is 4.01. The van der Waals surface area contributed by atoms with Gasteiger partial charge in [0, 0.05) is 12.6 Å². The van der Waals surface area contributed by atoms with Crippen LogP contribution in [0.1, 0.15) is 81.9 Å². The second kappa shape index (κ2) is 18.5. The maximum Gasteiger partial charge on any atom is 1.00 e. The summed E-state index contributed by atoms with van der Waals surface area (Å²) in [6.07, 6.45) is 15.8. The summed E-state index contributed by atoms with van der Waals surface area (Å²) in [4.78, 5) is 15.9. The molecule has 0 aromatic heterocycles. The number of hydrogen-bond donors (Lipinski definition) is 2. The van der Waals surface area contributed by atoms with E-state index in [0.717, 1.165) is 41.0 Å². The molecule has 0 unspecified atom stereocenters. The van der Waals surface area contributed by atoms with E-state index in [1.54, 1.807) is 11.8 Å². The van der Waals surface area contributed by atoms with Gasteiger partial charge in [-0.15, -0.1) is 0 Å². The van der Waals surface area contributed by atoms with Crippen LogP contribution in [0.15, 0.2) is 59.6 Å². The first-order valence-corrected chi connectivity index (χ1v) is 16.2. The Bertz CT molecular complexity index is 1140. The summed E-state index contributed by atoms with van der Waals surface area (Å²) in [6.45, 7) is 7.22. The first-order chi connectivity index (χ1) is 19.3. The van der Waals surface area contributed by atoms with Gasteiger partial charge in [0.2, 0.25) is 0 Å². The number of nitrogens with zero attached hydrogens (tertiary/aromatic N) is 1. The van der Waals surface area contributed by atoms with Crippen molar-refractivity contribution in [2.45, 2.75) is 90.8 Å². The minimum absolute atomic E-state index is 0. The minimum Gasteiger partial charge on any atom is -0.858 e. The molecule has 0 amide bonds. The monoisotopic (exact) mass is 570 g/mol. The Hall–Kier alpha value is -1.97. The number of allylic oxidation sites excluding steroid dienone is 1. The van der Waals surface area contributed by atoms with Crippen LogP contribution in [-0.2, 0) is 11.3 Å². The molecular weight excluding hydrogens is 523 g/mol. The van der Waals surface area contributed by atoms with Crippen LogP contribution in [0.3, 0.4) is 0 Å². The third-order valence-electron chi connectivity index (χ3n) is 7.76. The van der Waals surface area contributed by atoms with E-state index in [0.29, 0.717) is 36.2 Å². The van der Waals surface area contributed by atoms with E-state index in [1.807, 2.05) is 49.6 Å². The standard InChI is InChI=1S/C34H48N2O3S.Li/c1-24(2)11-10-15-28(21-26-13-6-5-7-14-26)35-23-27-17-18-30(31(22-27)29-16-9-8-12-25(29)3)33(37)36-32(34(38)39)19-20-40-4;/h8-10,12,15-18,22,24,26,28,32,35H,5-7,11,13-14,19-21,23H2,1-4H3,(H,36,37)(H,38,39);/q;+1/p-1/b15-10-;/t28-,32-;/m0./s1. The molecule has 218 valence electrons. The quantitative estimate of drug-likeness (QED) is 0.146. The molecule has 2 N–H and O–H groups in total. The van der Waals surface area contributed by atoms with Gasteiger partial charge in [-0.3, -0.25) is 4.99 Å². The van der Waals surface area contributed by atoms with E-state index >= 15 is 0 Å². The molecule has 1 saturated carbocycles. The maximum atomic E-state index is 13.3. The van der Waals surface area contributed by atoms with Crippen molar-refractivity contribution in [3.8, 4) is 11.1 Å². The van der Waals surface area contributed by atoms with Gasteiger partial charge < -0.3 is 15.5 Å². The topological polar surface area (TPSA) is 84.8 Å². The van der Waals surface area contributed by atoms with Gasteiger partial charge in [0.05, 0.1) is 0 Å². The summed E-state index contributed by atoms with van der Waals surface area (Å²) in [5.74, 6) is 0.511. The molecule has 7 heteroatoms. The van der Waals surface area contributed by atoms with Crippen LogP contribution < -0.4 is 29.3 Å². The van der Waals surface area contributed by atoms with Crippen molar-refractivity contribution in [2.24, 2.45) is 16.8 Å². The summed E-state index contributed by atoms with van der Waals surface area (Å²) in [5, 5.41) is 26.8. The van der Waals surface area contributed by atoms with Crippen LogP contribution in [0.5, 0.6) is 0 Å². The van der Waals surface area contributed by atoms with Crippen molar-refractivity contribution >= 4 is 23.6 Å². The van der Waals surface area contributed by atoms with Crippen LogP contribution in [0.25, 0.3) is 11.1 Å². The van der Waals surface area contributed by atoms with E-state index in [1.165, 1.54) is 32.1 Å². The third kappa shape index (κ3) is 11.7. The Labute approximate surface area is 263 Å². The Kier molecular flexibility index (Phi) is 15.9. The Balaban J connectivity index is 0.00000588. The summed E-state index contributed by atoms with van der Waals surface area (Å²) in [5.41, 5.74) is 4.38. The van der Waals surface area contributed by atoms with Gasteiger partial charge in [-0.1, -0.05) is 94.5 Å². The Morgan fingerprint density at radius 2 is 1.88 bits per heavy atom. The Morgan fingerprint density at radius 1 is 1.15 bits per heavy atom. The molecule has 1 aliphatic rings. The molecule has 2 aromatic carbocycles. The van der Waals surface area contributed by atoms with Crippen molar-refractivity contribution < 1.29 is 33.9 Å². The number of aliphatic imine (C=N–C) groups is 1. The van der Waals surface area contributed by atoms with Gasteiger partial charge in [0.1, 0.15) is 6.04 Å². The van der Waals surface area contributed by atoms with Crippen molar-refractivity contribution in [1.29, 1.82) is 0 Å². The van der Waals surface area contributed by atoms with Gasteiger partial charge in [-0.05, 0) is 89.8 Å². The average Bonchev–Trinajstić information content (AvgIpc) is 2.94. The molecule has 1 fully saturated rings. The first-order valence-electron chi connectivity index (χ1n) is 14.8. The van der Waals surface area contributed by atoms with E-state index in [2.05, 4.69) is 42.4 Å². The molecule has 0 saturated heterocycles. The van der Waals surface area contributed by atoms with Gasteiger partial charge in [-0.2, -0.15) is 11.8 Å². The van der Waals surface area contributed by atoms with Gasteiger partial charge in [0.15, 0.2) is 0 Å². The number of carboxylic acid groups (broad SMARTS) is 1. The maximum absolute atomic E-state index is 13.3. The number of carboxylic acids is 1. The second-order valence-electron chi connectivity index (χ2n) is 11.5. The number of thioether (sulfide) groups is 1. The summed E-state index contributed by atoms with van der Waals surface area (Å²) in [6, 6.07) is 13.1. The smallest absolute Gasteiger partial charge is 0.858 e. The number of hydrogen-bond acceptors (Lipinski definition) is 5. The van der Waals surface area contributed by atoms with E-state index in [-0.39, 0.29) is 18.9 Å². The summed E-state index contributed by atoms with van der Waals surface area (Å²) in [7, 11) is 0. The zero-order valence-electron chi connectivity index (χ0n) is 25.7. The average molecular weight is 571 g/mol. The molecule has 3 rings (SSSR count). The molecule has 2 aromatic rings. The first kappa shape index (κ1) is 35.2. The molecule has 0 aliphatic heterocycles. The number of nitrogens with one attached hydrogen (secondary N) is 1. The fraction of sp³-hybridized carbons (Fsp3) is 0.529. The van der Waals surface area contributed by atoms with Crippen LogP contribution in [0.2, 0.25) is 0 Å². The van der Waals surface area contributed by atoms with Crippen LogP contribution >= 0.6 is 11.8 Å². The predicted molar refractivity (Wildman–Crippen MR) is 168 cm³/mol. The van der Waals surface area contributed by atoms with E-state index < -0.39 is 17.9 Å². The normalized spacial score (nSPS) is 16.1. The van der Waals surface area contributed by atoms with E-state index in [9.17, 15) is 15.0 Å². The molecule has 0 bridgehead atoms. The van der Waals surface area contributed by atoms with Crippen molar-refractivity contribution in [3.63, 3.8) is 0 Å². The van der Waals surface area contributed by atoms with Gasteiger partial charge >= 0.3 is 24.8 Å². The number of aliphatic carboxylic acids is 1. The largest absolute Gasteiger partial charge is 1.00 e. The van der Waals surface area contributed by atoms with Crippen LogP contribution in [-0.4, -0.2) is 41.1 Å². The molecule has 0 radical (unpaired) electrons. The van der Waals surface area contributed by atoms with Crippen LogP contribution in [0, 0.1) is 18.8 Å². The number of carbonyl (C=O) groups is 1. The third-order valence-corrected chi connectivity index (χ3v) is 8.40.